The molecule has 2 aromatic rings. The number of furan rings is 1. The third-order valence-corrected chi connectivity index (χ3v) is 2.87. The summed E-state index contributed by atoms with van der Waals surface area (Å²) in [5.74, 6) is 0.0140. The Morgan fingerprint density at radius 1 is 1.25 bits per heavy atom. The zero-order chi connectivity index (χ0) is 14.9. The molecule has 1 heterocycles. The highest BCUT2D eigenvalue weighted by Gasteiger charge is 2.21. The van der Waals surface area contributed by atoms with Crippen LogP contribution >= 0.6 is 0 Å². The van der Waals surface area contributed by atoms with Gasteiger partial charge < -0.3 is 13.9 Å². The number of carbonyl (C=O) groups excluding carboxylic acids is 2. The molecule has 0 unspecified atom stereocenters. The number of ether oxygens (including phenoxy) is 2. The number of esters is 2. The maximum atomic E-state index is 12.0. The quantitative estimate of drug-likeness (QED) is 0.636. The first-order valence-electron chi connectivity index (χ1n) is 6.33. The molecule has 1 aromatic carbocycles. The van der Waals surface area contributed by atoms with Crippen LogP contribution in [0.3, 0.4) is 0 Å². The molecule has 2 rings (SSSR count). The maximum absolute atomic E-state index is 12.0. The van der Waals surface area contributed by atoms with Crippen LogP contribution in [0, 0.1) is 13.8 Å². The molecular formula is C15H16O5. The summed E-state index contributed by atoms with van der Waals surface area (Å²) in [6, 6.07) is 3.31. The van der Waals surface area contributed by atoms with Crippen molar-refractivity contribution in [1.29, 1.82) is 0 Å². The minimum absolute atomic E-state index is 0.285. The third kappa shape index (κ3) is 2.52. The molecule has 106 valence electrons. The van der Waals surface area contributed by atoms with E-state index in [9.17, 15) is 9.59 Å². The van der Waals surface area contributed by atoms with Gasteiger partial charge in [-0.3, -0.25) is 4.79 Å². The molecule has 0 aliphatic heterocycles. The zero-order valence-corrected chi connectivity index (χ0v) is 11.9. The number of rotatable bonds is 3. The molecule has 0 spiro atoms. The van der Waals surface area contributed by atoms with Crippen LogP contribution in [0.5, 0.6) is 5.75 Å². The van der Waals surface area contributed by atoms with E-state index >= 15 is 0 Å². The lowest BCUT2D eigenvalue weighted by Gasteiger charge is -2.04. The van der Waals surface area contributed by atoms with Crippen LogP contribution in [-0.4, -0.2) is 18.5 Å². The normalized spacial score (nSPS) is 10.6. The Kier molecular flexibility index (Phi) is 3.79. The molecule has 0 saturated carbocycles. The van der Waals surface area contributed by atoms with Gasteiger partial charge in [0, 0.05) is 12.3 Å². The van der Waals surface area contributed by atoms with E-state index in [1.165, 1.54) is 6.92 Å². The largest absolute Gasteiger partial charge is 0.462 e. The minimum Gasteiger partial charge on any atom is -0.462 e. The summed E-state index contributed by atoms with van der Waals surface area (Å²) in [4.78, 5) is 23.0. The Morgan fingerprint density at radius 3 is 2.55 bits per heavy atom. The molecule has 0 N–H and O–H groups in total. The summed E-state index contributed by atoms with van der Waals surface area (Å²) in [5.41, 5.74) is 1.76. The van der Waals surface area contributed by atoms with Crippen LogP contribution in [0.4, 0.5) is 0 Å². The fourth-order valence-electron chi connectivity index (χ4n) is 2.14. The summed E-state index contributed by atoms with van der Waals surface area (Å²) in [6.45, 7) is 6.88. The van der Waals surface area contributed by atoms with Crippen LogP contribution < -0.4 is 4.74 Å². The van der Waals surface area contributed by atoms with Crippen molar-refractivity contribution in [2.75, 3.05) is 6.61 Å². The Morgan fingerprint density at radius 2 is 1.95 bits per heavy atom. The topological polar surface area (TPSA) is 65.7 Å². The zero-order valence-electron chi connectivity index (χ0n) is 11.9. The molecule has 0 saturated heterocycles. The standard InChI is InChI=1S/C15H16O5/c1-5-18-15(17)13-9(3)19-14-8(2)6-11(7-12(13)14)20-10(4)16/h6-7H,5H2,1-4H3. The number of carbonyl (C=O) groups is 2. The Balaban J connectivity index is 2.62. The van der Waals surface area contributed by atoms with Crippen molar-refractivity contribution in [1.82, 2.24) is 0 Å². The van der Waals surface area contributed by atoms with Crippen molar-refractivity contribution >= 4 is 22.9 Å². The van der Waals surface area contributed by atoms with Crippen LogP contribution in [-0.2, 0) is 9.53 Å². The van der Waals surface area contributed by atoms with Gasteiger partial charge in [-0.25, -0.2) is 4.79 Å². The number of benzene rings is 1. The van der Waals surface area contributed by atoms with Gasteiger partial charge in [0.2, 0.25) is 0 Å². The fraction of sp³-hybridized carbons (Fsp3) is 0.333. The van der Waals surface area contributed by atoms with E-state index in [0.29, 0.717) is 28.0 Å². The lowest BCUT2D eigenvalue weighted by Crippen LogP contribution is -2.05. The molecular weight excluding hydrogens is 260 g/mol. The monoisotopic (exact) mass is 276 g/mol. The van der Waals surface area contributed by atoms with Gasteiger partial charge >= 0.3 is 11.9 Å². The molecule has 20 heavy (non-hydrogen) atoms. The summed E-state index contributed by atoms with van der Waals surface area (Å²) in [7, 11) is 0. The second-order valence-corrected chi connectivity index (χ2v) is 4.46. The van der Waals surface area contributed by atoms with E-state index in [4.69, 9.17) is 13.9 Å². The van der Waals surface area contributed by atoms with Crippen LogP contribution in [0.1, 0.15) is 35.5 Å². The number of hydrogen-bond donors (Lipinski definition) is 0. The first-order valence-corrected chi connectivity index (χ1v) is 6.33. The Labute approximate surface area is 116 Å². The molecule has 0 aliphatic rings. The Hall–Kier alpha value is -2.30. The predicted octanol–water partition coefficient (Wildman–Crippen LogP) is 3.15. The van der Waals surface area contributed by atoms with E-state index in [1.807, 2.05) is 6.92 Å². The molecule has 0 amide bonds. The lowest BCUT2D eigenvalue weighted by atomic mass is 10.1. The summed E-state index contributed by atoms with van der Waals surface area (Å²) in [5, 5.41) is 0.595. The highest BCUT2D eigenvalue weighted by Crippen LogP contribution is 2.32. The molecule has 1 aromatic heterocycles. The maximum Gasteiger partial charge on any atom is 0.342 e. The number of fused-ring (bicyclic) bond motifs is 1. The van der Waals surface area contributed by atoms with Gasteiger partial charge in [-0.15, -0.1) is 0 Å². The average Bonchev–Trinajstić information content (AvgIpc) is 2.65. The van der Waals surface area contributed by atoms with E-state index in [1.54, 1.807) is 26.0 Å². The van der Waals surface area contributed by atoms with E-state index in [0.717, 1.165) is 5.56 Å². The van der Waals surface area contributed by atoms with Gasteiger partial charge in [0.05, 0.1) is 6.61 Å². The van der Waals surface area contributed by atoms with Crippen molar-refractivity contribution in [2.45, 2.75) is 27.7 Å². The Bertz CT molecular complexity index is 681. The van der Waals surface area contributed by atoms with Crippen molar-refractivity contribution in [3.05, 3.63) is 29.0 Å². The van der Waals surface area contributed by atoms with Crippen LogP contribution in [0.2, 0.25) is 0 Å². The van der Waals surface area contributed by atoms with Gasteiger partial charge in [-0.2, -0.15) is 0 Å². The molecule has 5 heteroatoms. The molecule has 0 fully saturated rings. The first kappa shape index (κ1) is 14.1. The predicted molar refractivity (Wildman–Crippen MR) is 73.0 cm³/mol. The summed E-state index contributed by atoms with van der Waals surface area (Å²) >= 11 is 0. The van der Waals surface area contributed by atoms with Gasteiger partial charge in [0.15, 0.2) is 0 Å². The van der Waals surface area contributed by atoms with Gasteiger partial charge in [0.25, 0.3) is 0 Å². The van der Waals surface area contributed by atoms with Crippen molar-refractivity contribution < 1.29 is 23.5 Å². The van der Waals surface area contributed by atoms with E-state index in [-0.39, 0.29) is 6.61 Å². The summed E-state index contributed by atoms with van der Waals surface area (Å²) < 4.78 is 15.7. The fourth-order valence-corrected chi connectivity index (χ4v) is 2.14. The number of aryl methyl sites for hydroxylation is 2. The minimum atomic E-state index is -0.442. The average molecular weight is 276 g/mol. The van der Waals surface area contributed by atoms with Gasteiger partial charge in [-0.1, -0.05) is 0 Å². The molecule has 0 atom stereocenters. The van der Waals surface area contributed by atoms with E-state index < -0.39 is 11.9 Å². The highest BCUT2D eigenvalue weighted by molar-refractivity contribution is 6.05. The van der Waals surface area contributed by atoms with Crippen molar-refractivity contribution in [3.8, 4) is 5.75 Å². The molecule has 0 aliphatic carbocycles. The van der Waals surface area contributed by atoms with E-state index in [2.05, 4.69) is 0 Å². The second-order valence-electron chi connectivity index (χ2n) is 4.46. The van der Waals surface area contributed by atoms with Crippen molar-refractivity contribution in [2.24, 2.45) is 0 Å². The SMILES string of the molecule is CCOC(=O)c1c(C)oc2c(C)cc(OC(C)=O)cc12. The van der Waals surface area contributed by atoms with Crippen LogP contribution in [0.15, 0.2) is 16.5 Å². The smallest absolute Gasteiger partial charge is 0.342 e. The molecule has 0 radical (unpaired) electrons. The first-order chi connectivity index (χ1) is 9.43. The number of hydrogen-bond acceptors (Lipinski definition) is 5. The van der Waals surface area contributed by atoms with Gasteiger partial charge in [-0.05, 0) is 38.5 Å². The highest BCUT2D eigenvalue weighted by atomic mass is 16.5. The van der Waals surface area contributed by atoms with Crippen molar-refractivity contribution in [3.63, 3.8) is 0 Å². The molecule has 0 bridgehead atoms. The lowest BCUT2D eigenvalue weighted by molar-refractivity contribution is -0.131. The second kappa shape index (κ2) is 5.36. The van der Waals surface area contributed by atoms with Gasteiger partial charge in [0.1, 0.15) is 22.7 Å². The van der Waals surface area contributed by atoms with Crippen LogP contribution in [0.25, 0.3) is 11.0 Å². The summed E-state index contributed by atoms with van der Waals surface area (Å²) in [6.07, 6.45) is 0. The molecule has 5 nitrogen and oxygen atoms in total. The third-order valence-electron chi connectivity index (χ3n) is 2.87.